The van der Waals surface area contributed by atoms with Crippen molar-refractivity contribution in [3.8, 4) is 0 Å². The number of hydrogen-bond donors (Lipinski definition) is 0. The second-order valence-electron chi connectivity index (χ2n) is 2.25. The highest BCUT2D eigenvalue weighted by atomic mass is 79.9. The van der Waals surface area contributed by atoms with Crippen LogP contribution < -0.4 is 0 Å². The number of hydrogen-bond acceptors (Lipinski definition) is 1. The van der Waals surface area contributed by atoms with E-state index < -0.39 is 5.68 Å². The Morgan fingerprint density at radius 3 is 2.25 bits per heavy atom. The first-order valence-corrected chi connectivity index (χ1v) is 4.44. The zero-order valence-corrected chi connectivity index (χ0v) is 8.81. The monoisotopic (exact) mass is 222 g/mol. The van der Waals surface area contributed by atoms with Crippen LogP contribution in [0, 0.1) is 0 Å². The zero-order valence-electron chi connectivity index (χ0n) is 7.23. The Hall–Kier alpha value is -0.240. The van der Waals surface area contributed by atoms with Gasteiger partial charge in [-0.3, -0.25) is 0 Å². The van der Waals surface area contributed by atoms with Crippen LogP contribution in [0.25, 0.3) is 0 Å². The van der Waals surface area contributed by atoms with Crippen LogP contribution in [0.15, 0.2) is 21.6 Å². The van der Waals surface area contributed by atoms with Crippen LogP contribution in [0.1, 0.15) is 20.3 Å². The summed E-state index contributed by atoms with van der Waals surface area (Å²) < 4.78 is 0.648. The third-order valence-electron chi connectivity index (χ3n) is 1.44. The minimum Gasteiger partial charge on any atom is -0.307 e. The molecule has 0 aliphatic heterocycles. The lowest BCUT2D eigenvalue weighted by Crippen LogP contribution is -2.05. The second-order valence-corrected chi connectivity index (χ2v) is 3.11. The van der Waals surface area contributed by atoms with Crippen LogP contribution in [-0.2, 0) is 4.79 Å². The summed E-state index contributed by atoms with van der Waals surface area (Å²) >= 11 is 3.21. The molecular formula is C8H9B2BrO. The Balaban J connectivity index is 5.06. The van der Waals surface area contributed by atoms with Gasteiger partial charge in [-0.25, -0.2) is 0 Å². The van der Waals surface area contributed by atoms with Gasteiger partial charge in [0.15, 0.2) is 7.85 Å². The summed E-state index contributed by atoms with van der Waals surface area (Å²) in [6.45, 7) is 3.67. The van der Waals surface area contributed by atoms with Gasteiger partial charge < -0.3 is 4.79 Å². The van der Waals surface area contributed by atoms with E-state index in [0.717, 1.165) is 0 Å². The normalized spacial score (nSPS) is 14.1. The molecule has 12 heavy (non-hydrogen) atoms. The van der Waals surface area contributed by atoms with Gasteiger partial charge in [-0.15, -0.1) is 5.47 Å². The minimum atomic E-state index is -0.501. The molecule has 60 valence electrons. The molecule has 0 aliphatic rings. The van der Waals surface area contributed by atoms with Crippen LogP contribution in [0.5, 0.6) is 0 Å². The summed E-state index contributed by atoms with van der Waals surface area (Å²) in [5, 5.41) is 0. The first kappa shape index (κ1) is 11.8. The van der Waals surface area contributed by atoms with Crippen molar-refractivity contribution in [2.24, 2.45) is 0 Å². The fourth-order valence-corrected chi connectivity index (χ4v) is 1.20. The minimum absolute atomic E-state index is 0.375. The van der Waals surface area contributed by atoms with Gasteiger partial charge in [-0.05, 0) is 13.3 Å². The molecule has 0 aromatic carbocycles. The first-order valence-electron chi connectivity index (χ1n) is 3.65. The van der Waals surface area contributed by atoms with Gasteiger partial charge in [0.2, 0.25) is 0 Å². The van der Waals surface area contributed by atoms with E-state index in [1.54, 1.807) is 13.0 Å². The van der Waals surface area contributed by atoms with Crippen molar-refractivity contribution in [1.82, 2.24) is 0 Å². The van der Waals surface area contributed by atoms with E-state index in [-0.39, 0.29) is 0 Å². The lowest BCUT2D eigenvalue weighted by atomic mass is 9.81. The molecule has 0 bridgehead atoms. The van der Waals surface area contributed by atoms with Gasteiger partial charge in [-0.2, -0.15) is 0 Å². The molecule has 0 saturated carbocycles. The Bertz CT molecular complexity index is 243. The molecular weight excluding hydrogens is 214 g/mol. The van der Waals surface area contributed by atoms with Crippen molar-refractivity contribution in [3.63, 3.8) is 0 Å². The van der Waals surface area contributed by atoms with Crippen LogP contribution in [0.2, 0.25) is 0 Å². The highest BCUT2D eigenvalue weighted by Crippen LogP contribution is 2.20. The average molecular weight is 223 g/mol. The summed E-state index contributed by atoms with van der Waals surface area (Å²) in [6.07, 6.45) is 2.35. The average Bonchev–Trinajstić information content (AvgIpc) is 2.03. The quantitative estimate of drug-likeness (QED) is 0.405. The van der Waals surface area contributed by atoms with Crippen LogP contribution in [0.3, 0.4) is 0 Å². The number of carbonyl (C=O) groups is 1. The fourth-order valence-electron chi connectivity index (χ4n) is 0.750. The van der Waals surface area contributed by atoms with Crippen molar-refractivity contribution in [2.45, 2.75) is 20.3 Å². The number of allylic oxidation sites excluding steroid dienone is 4. The third kappa shape index (κ3) is 3.02. The predicted molar refractivity (Wildman–Crippen MR) is 56.5 cm³/mol. The molecule has 1 nitrogen and oxygen atoms in total. The van der Waals surface area contributed by atoms with E-state index in [4.69, 9.17) is 15.7 Å². The molecule has 0 aliphatic carbocycles. The summed E-state index contributed by atoms with van der Waals surface area (Å²) in [5.41, 5.74) is 0.381. The maximum Gasteiger partial charge on any atom is 0.175 e. The lowest BCUT2D eigenvalue weighted by molar-refractivity contribution is -0.108. The number of carbonyl (C=O) groups excluding carboxylic acids is 1. The first-order chi connectivity index (χ1) is 5.54. The number of halogens is 1. The third-order valence-corrected chi connectivity index (χ3v) is 2.30. The Morgan fingerprint density at radius 1 is 1.50 bits per heavy atom. The van der Waals surface area contributed by atoms with Crippen molar-refractivity contribution >= 4 is 37.3 Å². The Kier molecular flexibility index (Phi) is 5.31. The standard InChI is InChI=1S/C8H9B2BrO/c1-3-5(9)7(8(10)12)6(11)4-2/h4H,3H2,1-2H3/b6-4+,7-5-. The smallest absolute Gasteiger partial charge is 0.175 e. The van der Waals surface area contributed by atoms with Crippen molar-refractivity contribution in [1.29, 1.82) is 0 Å². The van der Waals surface area contributed by atoms with Crippen molar-refractivity contribution < 1.29 is 4.79 Å². The summed E-state index contributed by atoms with van der Waals surface area (Å²) in [6, 6.07) is 0. The highest BCUT2D eigenvalue weighted by Gasteiger charge is 2.08. The molecule has 0 aromatic rings. The largest absolute Gasteiger partial charge is 0.307 e. The van der Waals surface area contributed by atoms with Gasteiger partial charge in [0, 0.05) is 10.1 Å². The van der Waals surface area contributed by atoms with Gasteiger partial charge in [0.05, 0.1) is 0 Å². The summed E-state index contributed by atoms with van der Waals surface area (Å²) in [4.78, 5) is 10.9. The molecule has 4 radical (unpaired) electrons. The van der Waals surface area contributed by atoms with Gasteiger partial charge in [0.1, 0.15) is 13.5 Å². The highest BCUT2D eigenvalue weighted by molar-refractivity contribution is 9.12. The Labute approximate surface area is 84.2 Å². The van der Waals surface area contributed by atoms with Crippen molar-refractivity contribution in [3.05, 3.63) is 21.6 Å². The fraction of sp³-hybridized carbons (Fsp3) is 0.375. The van der Waals surface area contributed by atoms with E-state index >= 15 is 0 Å². The number of rotatable bonds is 3. The lowest BCUT2D eigenvalue weighted by Gasteiger charge is -2.07. The van der Waals surface area contributed by atoms with Gasteiger partial charge in [0.25, 0.3) is 0 Å². The van der Waals surface area contributed by atoms with E-state index in [1.807, 2.05) is 6.92 Å². The SMILES string of the molecule is [B]C(=O)C(=C(\[B])CC)/C(Br)=C\C. The Morgan fingerprint density at radius 2 is 2.00 bits per heavy atom. The maximum absolute atomic E-state index is 10.9. The molecule has 0 unspecified atom stereocenters. The summed E-state index contributed by atoms with van der Waals surface area (Å²) in [7, 11) is 10.7. The van der Waals surface area contributed by atoms with E-state index in [0.29, 0.717) is 21.9 Å². The molecule has 0 amide bonds. The van der Waals surface area contributed by atoms with Crippen LogP contribution in [0.4, 0.5) is 0 Å². The molecule has 0 N–H and O–H groups in total. The molecule has 0 heterocycles. The molecule has 0 atom stereocenters. The van der Waals surface area contributed by atoms with E-state index in [2.05, 4.69) is 15.9 Å². The molecule has 0 rings (SSSR count). The van der Waals surface area contributed by atoms with E-state index in [1.165, 1.54) is 0 Å². The summed E-state index contributed by atoms with van der Waals surface area (Å²) in [5.74, 6) is 0. The van der Waals surface area contributed by atoms with Crippen molar-refractivity contribution in [2.75, 3.05) is 0 Å². The maximum atomic E-state index is 10.9. The molecule has 0 fully saturated rings. The molecule has 4 heteroatoms. The second kappa shape index (κ2) is 5.41. The van der Waals surface area contributed by atoms with Gasteiger partial charge in [-0.1, -0.05) is 28.9 Å². The van der Waals surface area contributed by atoms with Crippen LogP contribution in [-0.4, -0.2) is 21.4 Å². The molecule has 0 saturated heterocycles. The molecule has 0 spiro atoms. The van der Waals surface area contributed by atoms with Crippen LogP contribution >= 0.6 is 15.9 Å². The zero-order chi connectivity index (χ0) is 9.72. The predicted octanol–water partition coefficient (Wildman–Crippen LogP) is 1.81. The topological polar surface area (TPSA) is 17.1 Å². The van der Waals surface area contributed by atoms with E-state index in [9.17, 15) is 4.79 Å². The molecule has 0 aromatic heterocycles. The van der Waals surface area contributed by atoms with Gasteiger partial charge >= 0.3 is 0 Å².